The first-order valence-corrected chi connectivity index (χ1v) is 42.7. The highest BCUT2D eigenvalue weighted by molar-refractivity contribution is 7.47. The van der Waals surface area contributed by atoms with E-state index in [1.54, 1.807) is 0 Å². The molecule has 0 aromatic heterocycles. The molecule has 0 rings (SSSR count). The van der Waals surface area contributed by atoms with Crippen LogP contribution in [0.2, 0.25) is 0 Å². The highest BCUT2D eigenvalue weighted by Gasteiger charge is 2.30. The fraction of sp³-hybridized carbons (Fsp3) is 0.948. The van der Waals surface area contributed by atoms with Crippen LogP contribution in [0.5, 0.6) is 0 Å². The Balaban J connectivity index is 5.22. The predicted octanol–water partition coefficient (Wildman–Crippen LogP) is 22.4. The number of phosphoric acid groups is 2. The molecule has 0 saturated heterocycles. The van der Waals surface area contributed by atoms with Crippen molar-refractivity contribution in [2.45, 2.75) is 408 Å². The normalized spacial score (nSPS) is 14.4. The Morgan fingerprint density at radius 2 is 0.500 bits per heavy atom. The van der Waals surface area contributed by atoms with Gasteiger partial charge in [-0.3, -0.25) is 37.3 Å². The minimum Gasteiger partial charge on any atom is -0.462 e. The molecule has 0 heterocycles. The number of hydrogen-bond donors (Lipinski definition) is 3. The van der Waals surface area contributed by atoms with Gasteiger partial charge in [0.1, 0.15) is 19.3 Å². The number of aliphatic hydroxyl groups excluding tert-OH is 1. The summed E-state index contributed by atoms with van der Waals surface area (Å²) in [6.45, 7) is 14.2. The number of hydrogen-bond acceptors (Lipinski definition) is 15. The van der Waals surface area contributed by atoms with E-state index in [0.717, 1.165) is 114 Å². The Kier molecular flexibility index (Phi) is 65.0. The van der Waals surface area contributed by atoms with Crippen LogP contribution >= 0.6 is 15.6 Å². The molecule has 0 fully saturated rings. The molecular weight excluding hydrogens is 1260 g/mol. The van der Waals surface area contributed by atoms with E-state index in [0.29, 0.717) is 31.6 Å². The van der Waals surface area contributed by atoms with Crippen molar-refractivity contribution in [3.63, 3.8) is 0 Å². The van der Waals surface area contributed by atoms with E-state index < -0.39 is 97.5 Å². The second kappa shape index (κ2) is 66.3. The molecule has 6 atom stereocenters. The van der Waals surface area contributed by atoms with Gasteiger partial charge in [-0.15, -0.1) is 0 Å². The molecule has 17 nitrogen and oxygen atoms in total. The Morgan fingerprint density at radius 1 is 0.292 bits per heavy atom. The summed E-state index contributed by atoms with van der Waals surface area (Å²) >= 11 is 0. The van der Waals surface area contributed by atoms with Gasteiger partial charge >= 0.3 is 39.5 Å². The first-order chi connectivity index (χ1) is 46.1. The Hall–Kier alpha value is -1.94. The molecule has 3 N–H and O–H groups in total. The monoisotopic (exact) mass is 1410 g/mol. The number of carbonyl (C=O) groups excluding carboxylic acids is 4. The molecule has 0 saturated carbocycles. The van der Waals surface area contributed by atoms with E-state index in [4.69, 9.17) is 37.0 Å². The molecule has 4 unspecified atom stereocenters. The minimum absolute atomic E-state index is 0.105. The van der Waals surface area contributed by atoms with Crippen LogP contribution in [0.15, 0.2) is 0 Å². The van der Waals surface area contributed by atoms with Crippen molar-refractivity contribution in [1.82, 2.24) is 0 Å². The zero-order valence-electron chi connectivity index (χ0n) is 63.0. The highest BCUT2D eigenvalue weighted by atomic mass is 31.2. The van der Waals surface area contributed by atoms with Crippen LogP contribution in [-0.4, -0.2) is 96.7 Å². The molecule has 0 amide bonds. The third-order valence-corrected chi connectivity index (χ3v) is 20.1. The van der Waals surface area contributed by atoms with Crippen LogP contribution in [0.1, 0.15) is 389 Å². The largest absolute Gasteiger partial charge is 0.472 e. The van der Waals surface area contributed by atoms with E-state index >= 15 is 0 Å². The zero-order valence-corrected chi connectivity index (χ0v) is 64.8. The van der Waals surface area contributed by atoms with Gasteiger partial charge in [-0.2, -0.15) is 0 Å². The number of carbonyl (C=O) groups is 4. The fourth-order valence-corrected chi connectivity index (χ4v) is 13.3. The average Bonchev–Trinajstić information content (AvgIpc) is 1.04. The van der Waals surface area contributed by atoms with E-state index in [1.807, 2.05) is 0 Å². The second-order valence-electron chi connectivity index (χ2n) is 29.4. The molecule has 0 aliphatic rings. The summed E-state index contributed by atoms with van der Waals surface area (Å²) in [7, 11) is -9.91. The van der Waals surface area contributed by atoms with E-state index in [9.17, 15) is 43.2 Å². The van der Waals surface area contributed by atoms with Crippen LogP contribution in [0.3, 0.4) is 0 Å². The van der Waals surface area contributed by atoms with Gasteiger partial charge in [-0.1, -0.05) is 338 Å². The van der Waals surface area contributed by atoms with Crippen molar-refractivity contribution in [3.8, 4) is 0 Å². The second-order valence-corrected chi connectivity index (χ2v) is 32.3. The first-order valence-electron chi connectivity index (χ1n) is 39.7. The van der Waals surface area contributed by atoms with Crippen molar-refractivity contribution < 1.29 is 80.2 Å². The van der Waals surface area contributed by atoms with Gasteiger partial charge in [0.25, 0.3) is 0 Å². The number of phosphoric ester groups is 2. The summed E-state index contributed by atoms with van der Waals surface area (Å²) in [5.41, 5.74) is 0. The van der Waals surface area contributed by atoms with Gasteiger partial charge in [0.2, 0.25) is 0 Å². The quantitative estimate of drug-likeness (QED) is 0.0222. The molecule has 19 heteroatoms. The lowest BCUT2D eigenvalue weighted by Crippen LogP contribution is -2.30. The lowest BCUT2D eigenvalue weighted by atomic mass is 9.99. The van der Waals surface area contributed by atoms with E-state index in [1.165, 1.54) is 186 Å². The molecule has 0 bridgehead atoms. The molecule has 0 aromatic carbocycles. The number of ether oxygens (including phenoxy) is 4. The topological polar surface area (TPSA) is 237 Å². The van der Waals surface area contributed by atoms with Gasteiger partial charge in [0, 0.05) is 25.7 Å². The van der Waals surface area contributed by atoms with Gasteiger partial charge in [0.05, 0.1) is 26.4 Å². The summed E-state index contributed by atoms with van der Waals surface area (Å²) < 4.78 is 68.5. The van der Waals surface area contributed by atoms with Gasteiger partial charge in [-0.25, -0.2) is 9.13 Å². The molecule has 0 aliphatic heterocycles. The molecule has 96 heavy (non-hydrogen) atoms. The van der Waals surface area contributed by atoms with Crippen LogP contribution < -0.4 is 0 Å². The smallest absolute Gasteiger partial charge is 0.462 e. The Bertz CT molecular complexity index is 1890. The summed E-state index contributed by atoms with van der Waals surface area (Å²) in [6.07, 6.45) is 51.4. The van der Waals surface area contributed by atoms with Crippen molar-refractivity contribution in [1.29, 1.82) is 0 Å². The number of esters is 4. The maximum atomic E-state index is 13.1. The maximum Gasteiger partial charge on any atom is 0.472 e. The zero-order chi connectivity index (χ0) is 71.0. The number of rotatable bonds is 74. The summed E-state index contributed by atoms with van der Waals surface area (Å²) in [5, 5.41) is 10.6. The number of unbranched alkanes of at least 4 members (excludes halogenated alkanes) is 39. The Labute approximate surface area is 588 Å². The van der Waals surface area contributed by atoms with Crippen molar-refractivity contribution in [3.05, 3.63) is 0 Å². The molecule has 0 aliphatic carbocycles. The molecule has 0 spiro atoms. The summed E-state index contributed by atoms with van der Waals surface area (Å²) in [5.74, 6) is 0.946. The summed E-state index contributed by atoms with van der Waals surface area (Å²) in [4.78, 5) is 72.8. The lowest BCUT2D eigenvalue weighted by molar-refractivity contribution is -0.161. The third kappa shape index (κ3) is 69.2. The van der Waals surface area contributed by atoms with Crippen LogP contribution in [-0.2, 0) is 65.4 Å². The first kappa shape index (κ1) is 94.1. The van der Waals surface area contributed by atoms with Crippen molar-refractivity contribution >= 4 is 39.5 Å². The SMILES string of the molecule is CCC(C)CCCCCCCCCCC(=O)O[C@H](COC(=O)CCCCCCCCCCCCCCCCCC(C)C)COP(=O)(O)OCC(O)COP(=O)(O)OC[C@@H](COC(=O)CCCCCCCCCC(C)C)OC(=O)CCCCCCCCCCCCCCCC(C)C. The lowest BCUT2D eigenvalue weighted by Gasteiger charge is -2.21. The van der Waals surface area contributed by atoms with Crippen LogP contribution in [0.25, 0.3) is 0 Å². The molecule has 570 valence electrons. The minimum atomic E-state index is -4.96. The van der Waals surface area contributed by atoms with Gasteiger partial charge in [-0.05, 0) is 49.4 Å². The average molecular weight is 1410 g/mol. The van der Waals surface area contributed by atoms with E-state index in [-0.39, 0.29) is 25.7 Å². The molecular formula is C77H150O17P2. The Morgan fingerprint density at radius 3 is 0.740 bits per heavy atom. The maximum absolute atomic E-state index is 13.1. The van der Waals surface area contributed by atoms with Crippen LogP contribution in [0.4, 0.5) is 0 Å². The predicted molar refractivity (Wildman–Crippen MR) is 391 cm³/mol. The molecule has 0 aromatic rings. The fourth-order valence-electron chi connectivity index (χ4n) is 11.7. The highest BCUT2D eigenvalue weighted by Crippen LogP contribution is 2.45. The van der Waals surface area contributed by atoms with Crippen LogP contribution in [0, 0.1) is 23.7 Å². The van der Waals surface area contributed by atoms with Gasteiger partial charge in [0.15, 0.2) is 12.2 Å². The van der Waals surface area contributed by atoms with Crippen molar-refractivity contribution in [2.75, 3.05) is 39.6 Å². The van der Waals surface area contributed by atoms with E-state index in [2.05, 4.69) is 55.4 Å². The summed E-state index contributed by atoms with van der Waals surface area (Å²) in [6, 6.07) is 0. The van der Waals surface area contributed by atoms with Gasteiger partial charge < -0.3 is 33.8 Å². The molecule has 0 radical (unpaired) electrons. The van der Waals surface area contributed by atoms with Crippen molar-refractivity contribution in [2.24, 2.45) is 23.7 Å². The standard InChI is InChI=1S/C77H150O17P2/c1-9-70(8)56-48-40-32-26-27-35-44-52-60-77(82)94-72(63-87-74(79)57-49-41-33-24-20-16-12-10-11-14-18-22-29-37-45-53-67(2)3)65-91-95(83,84)89-61-71(78)62-90-96(85,86)92-66-73(64-88-75(80)58-50-42-36-28-31-39-47-55-69(6)7)93-76(81)59-51-43-34-25-21-17-13-15-19-23-30-38-46-54-68(4)5/h67-73,78H,9-66H2,1-8H3,(H,83,84)(H,85,86)/t70?,71?,72-,73-/m1/s1. The number of aliphatic hydroxyl groups is 1. The third-order valence-electron chi connectivity index (χ3n) is 18.2.